The maximum atomic E-state index is 13.5. The van der Waals surface area contributed by atoms with Gasteiger partial charge in [-0.2, -0.15) is 0 Å². The topological polar surface area (TPSA) is 94.2 Å². The van der Waals surface area contributed by atoms with Crippen LogP contribution in [0, 0.1) is 0 Å². The van der Waals surface area contributed by atoms with Gasteiger partial charge in [-0.1, -0.05) is 52.0 Å². The number of ketones is 2. The number of carbonyl (C=O) groups excluding carboxylic acids is 3. The Morgan fingerprint density at radius 1 is 0.975 bits per heavy atom. The molecule has 40 heavy (non-hydrogen) atoms. The highest BCUT2D eigenvalue weighted by molar-refractivity contribution is 6.48. The highest BCUT2D eigenvalue weighted by Crippen LogP contribution is 2.36. The fraction of sp³-hybridized carbons (Fsp3) is 0.406. The second-order valence-electron chi connectivity index (χ2n) is 10.9. The number of methoxy groups -OCH3 is 1. The summed E-state index contributed by atoms with van der Waals surface area (Å²) in [6.45, 7) is 12.3. The van der Waals surface area contributed by atoms with E-state index in [0.717, 1.165) is 43.8 Å². The lowest BCUT2D eigenvalue weighted by molar-refractivity contribution is -0.112. The van der Waals surface area contributed by atoms with Crippen LogP contribution in [0.15, 0.2) is 48.5 Å². The van der Waals surface area contributed by atoms with Crippen LogP contribution >= 0.6 is 0 Å². The Bertz CT molecular complexity index is 1400. The van der Waals surface area contributed by atoms with Crippen LogP contribution in [0.5, 0.6) is 11.5 Å². The van der Waals surface area contributed by atoms with Crippen molar-refractivity contribution in [2.24, 2.45) is 0 Å². The first kappa shape index (κ1) is 29.2. The summed E-state index contributed by atoms with van der Waals surface area (Å²) >= 11 is 0. The predicted molar refractivity (Wildman–Crippen MR) is 156 cm³/mol. The summed E-state index contributed by atoms with van der Waals surface area (Å²) < 4.78 is 17.0. The van der Waals surface area contributed by atoms with Crippen molar-refractivity contribution in [2.45, 2.75) is 39.5 Å². The van der Waals surface area contributed by atoms with E-state index in [1.54, 1.807) is 31.2 Å². The van der Waals surface area contributed by atoms with Gasteiger partial charge in [0.05, 0.1) is 31.6 Å². The third kappa shape index (κ3) is 6.51. The van der Waals surface area contributed by atoms with Gasteiger partial charge in [0.2, 0.25) is 0 Å². The molecule has 1 heterocycles. The summed E-state index contributed by atoms with van der Waals surface area (Å²) in [6, 6.07) is 14.3. The zero-order valence-electron chi connectivity index (χ0n) is 24.0. The van der Waals surface area contributed by atoms with Gasteiger partial charge in [0.15, 0.2) is 11.5 Å². The molecule has 0 saturated carbocycles. The Morgan fingerprint density at radius 3 is 2.33 bits per heavy atom. The zero-order valence-corrected chi connectivity index (χ0v) is 24.0. The summed E-state index contributed by atoms with van der Waals surface area (Å²) in [5, 5.41) is 4.11. The summed E-state index contributed by atoms with van der Waals surface area (Å²) in [4.78, 5) is 41.8. The number of nitrogens with zero attached hydrogens (tertiary/aromatic N) is 1. The van der Waals surface area contributed by atoms with Crippen LogP contribution in [0.1, 0.15) is 60.4 Å². The van der Waals surface area contributed by atoms with E-state index < -0.39 is 11.7 Å². The van der Waals surface area contributed by atoms with E-state index in [1.165, 1.54) is 7.11 Å². The maximum Gasteiger partial charge on any atom is 0.296 e. The van der Waals surface area contributed by atoms with Crippen LogP contribution in [0.4, 0.5) is 5.69 Å². The first-order chi connectivity index (χ1) is 19.1. The molecule has 0 radical (unpaired) electrons. The van der Waals surface area contributed by atoms with E-state index in [0.29, 0.717) is 23.3 Å². The molecular weight excluding hydrogens is 508 g/mol. The Hall–Kier alpha value is -3.75. The molecule has 212 valence electrons. The van der Waals surface area contributed by atoms with Gasteiger partial charge in [0.25, 0.3) is 11.7 Å². The lowest BCUT2D eigenvalue weighted by Gasteiger charge is -2.26. The molecule has 0 aromatic heterocycles. The van der Waals surface area contributed by atoms with Crippen molar-refractivity contribution >= 4 is 33.9 Å². The molecule has 0 atom stereocenters. The minimum Gasteiger partial charge on any atom is -0.494 e. The first-order valence-corrected chi connectivity index (χ1v) is 13.7. The molecule has 1 aliphatic heterocycles. The molecule has 8 nitrogen and oxygen atoms in total. The number of nitrogens with one attached hydrogen (secondary N) is 1. The number of carbonyl (C=O) groups is 3. The van der Waals surface area contributed by atoms with Gasteiger partial charge >= 0.3 is 0 Å². The number of amides is 1. The van der Waals surface area contributed by atoms with E-state index in [-0.39, 0.29) is 34.6 Å². The van der Waals surface area contributed by atoms with Crippen molar-refractivity contribution < 1.29 is 28.6 Å². The molecule has 8 heteroatoms. The van der Waals surface area contributed by atoms with Crippen LogP contribution in [-0.2, 0) is 14.9 Å². The zero-order chi connectivity index (χ0) is 28.9. The van der Waals surface area contributed by atoms with Crippen molar-refractivity contribution in [3.63, 3.8) is 0 Å². The normalized spacial score (nSPS) is 14.1. The minimum atomic E-state index is -0.814. The van der Waals surface area contributed by atoms with Gasteiger partial charge in [-0.3, -0.25) is 19.3 Å². The van der Waals surface area contributed by atoms with Crippen LogP contribution in [-0.4, -0.2) is 68.9 Å². The average molecular weight is 547 g/mol. The Morgan fingerprint density at radius 2 is 1.68 bits per heavy atom. The van der Waals surface area contributed by atoms with E-state index in [2.05, 4.69) is 10.2 Å². The minimum absolute atomic E-state index is 0.111. The largest absolute Gasteiger partial charge is 0.494 e. The molecule has 1 fully saturated rings. The molecule has 0 spiro atoms. The monoisotopic (exact) mass is 546 g/mol. The molecular formula is C32H38N2O6. The van der Waals surface area contributed by atoms with Gasteiger partial charge in [0, 0.05) is 37.0 Å². The third-order valence-corrected chi connectivity index (χ3v) is 7.13. The van der Waals surface area contributed by atoms with Gasteiger partial charge in [-0.25, -0.2) is 0 Å². The second-order valence-corrected chi connectivity index (χ2v) is 10.9. The van der Waals surface area contributed by atoms with Crippen molar-refractivity contribution in [3.8, 4) is 11.5 Å². The standard InChI is InChI=1S/C32H38N2O6/c1-6-27(35)25-19-21(32(2,3)4)20-26(30(25)38-5)33-31(37)29(36)24-11-12-28(23-10-8-7-9-22(23)24)40-18-15-34-13-16-39-17-14-34/h7-12,19-20H,6,13-18H2,1-5H3,(H,33,37). The number of Topliss-reactive ketones (excluding diaryl/α,β-unsaturated/α-hetero) is 2. The molecule has 1 saturated heterocycles. The van der Waals surface area contributed by atoms with Crippen molar-refractivity contribution in [1.82, 2.24) is 4.90 Å². The van der Waals surface area contributed by atoms with Crippen molar-refractivity contribution in [1.29, 1.82) is 0 Å². The summed E-state index contributed by atoms with van der Waals surface area (Å²) in [6.07, 6.45) is 0.281. The SMILES string of the molecule is CCC(=O)c1cc(C(C)(C)C)cc(NC(=O)C(=O)c2ccc(OCCN3CCOCC3)c3ccccc23)c1OC. The number of hydrogen-bond acceptors (Lipinski definition) is 7. The number of hydrogen-bond donors (Lipinski definition) is 1. The summed E-state index contributed by atoms with van der Waals surface area (Å²) in [5.74, 6) is -0.717. The van der Waals surface area contributed by atoms with Crippen molar-refractivity contribution in [2.75, 3.05) is 51.9 Å². The molecule has 0 bridgehead atoms. The van der Waals surface area contributed by atoms with Gasteiger partial charge in [0.1, 0.15) is 12.4 Å². The number of morpholine rings is 1. The van der Waals surface area contributed by atoms with E-state index in [4.69, 9.17) is 14.2 Å². The van der Waals surface area contributed by atoms with Gasteiger partial charge < -0.3 is 19.5 Å². The summed E-state index contributed by atoms with van der Waals surface area (Å²) in [7, 11) is 1.45. The smallest absolute Gasteiger partial charge is 0.296 e. The Kier molecular flexibility index (Phi) is 9.22. The van der Waals surface area contributed by atoms with Crippen LogP contribution < -0.4 is 14.8 Å². The highest BCUT2D eigenvalue weighted by Gasteiger charge is 2.26. The fourth-order valence-corrected chi connectivity index (χ4v) is 4.78. The van der Waals surface area contributed by atoms with Gasteiger partial charge in [-0.05, 0) is 40.6 Å². The lowest BCUT2D eigenvalue weighted by atomic mass is 9.84. The molecule has 0 aliphatic carbocycles. The van der Waals surface area contributed by atoms with Crippen LogP contribution in [0.3, 0.4) is 0 Å². The number of anilines is 1. The molecule has 1 N–H and O–H groups in total. The second kappa shape index (κ2) is 12.6. The molecule has 4 rings (SSSR count). The molecule has 3 aromatic rings. The molecule has 1 aliphatic rings. The predicted octanol–water partition coefficient (Wildman–Crippen LogP) is 5.27. The Balaban J connectivity index is 1.60. The lowest BCUT2D eigenvalue weighted by Crippen LogP contribution is -2.38. The quantitative estimate of drug-likeness (QED) is 0.273. The number of benzene rings is 3. The van der Waals surface area contributed by atoms with E-state index in [1.807, 2.05) is 45.0 Å². The fourth-order valence-electron chi connectivity index (χ4n) is 4.78. The summed E-state index contributed by atoms with van der Waals surface area (Å²) in [5.41, 5.74) is 1.48. The molecule has 1 amide bonds. The average Bonchev–Trinajstić information content (AvgIpc) is 2.96. The number of ether oxygens (including phenoxy) is 3. The van der Waals surface area contributed by atoms with Crippen molar-refractivity contribution in [3.05, 3.63) is 65.2 Å². The van der Waals surface area contributed by atoms with E-state index in [9.17, 15) is 14.4 Å². The maximum absolute atomic E-state index is 13.5. The first-order valence-electron chi connectivity index (χ1n) is 13.7. The Labute approximate surface area is 235 Å². The van der Waals surface area contributed by atoms with Gasteiger partial charge in [-0.15, -0.1) is 0 Å². The highest BCUT2D eigenvalue weighted by atomic mass is 16.5. The third-order valence-electron chi connectivity index (χ3n) is 7.13. The molecule has 0 unspecified atom stereocenters. The number of rotatable bonds is 10. The van der Waals surface area contributed by atoms with Crippen LogP contribution in [0.25, 0.3) is 10.8 Å². The van der Waals surface area contributed by atoms with Crippen LogP contribution in [0.2, 0.25) is 0 Å². The molecule has 3 aromatic carbocycles. The van der Waals surface area contributed by atoms with E-state index >= 15 is 0 Å². The number of fused-ring (bicyclic) bond motifs is 1.